The Morgan fingerprint density at radius 2 is 1.70 bits per heavy atom. The summed E-state index contributed by atoms with van der Waals surface area (Å²) in [6, 6.07) is 12.4. The van der Waals surface area contributed by atoms with Gasteiger partial charge in [-0.15, -0.1) is 10.2 Å². The van der Waals surface area contributed by atoms with Crippen LogP contribution in [-0.4, -0.2) is 131 Å². The number of halogens is 3. The van der Waals surface area contributed by atoms with Gasteiger partial charge >= 0.3 is 0 Å². The molecule has 0 radical (unpaired) electrons. The molecule has 0 aliphatic carbocycles. The molecule has 22 heteroatoms. The third kappa shape index (κ3) is 9.74. The van der Waals surface area contributed by atoms with E-state index in [1.807, 2.05) is 4.90 Å². The highest BCUT2D eigenvalue weighted by Gasteiger charge is 2.45. The second-order valence-electron chi connectivity index (χ2n) is 20.3. The van der Waals surface area contributed by atoms with Crippen LogP contribution in [0.4, 0.5) is 24.7 Å². The molecule has 3 atom stereocenters. The standard InChI is InChI=1S/C52H57F3N12O7/c1-28(68)64-15-12-40-36(27-64)48(62-67(40)32-13-17-73-18-14-32)65-16-19-74-43-23-34(35(46(54)55)22-41(43)65)31-10-11-38-39(20-31)58-47(61-60-38)50(71)59-45(52(2,3)4)51(72)66-26-33(69)21-42(66)49(70)56-24-29-6-8-30(9-7-29)44-37(53)25-57-63(44)5/h6-11,20,22-23,25,32-33,42,45-46,69H,12-19,21,24,26-27H2,1-5H3,(H,56,70)(H,59,71)/t33-,42+,45-/m1/s1. The van der Waals surface area contributed by atoms with Gasteiger partial charge in [-0.25, -0.2) is 18.2 Å². The summed E-state index contributed by atoms with van der Waals surface area (Å²) in [5.41, 5.74) is 3.73. The first-order valence-corrected chi connectivity index (χ1v) is 24.7. The quantitative estimate of drug-likeness (QED) is 0.145. The van der Waals surface area contributed by atoms with Gasteiger partial charge in [-0.1, -0.05) is 51.1 Å². The SMILES string of the molecule is CC(=O)N1CCc2c(c(N3CCOc4cc(-c5ccc6nnc(C(=O)N[C@H](C(=O)N7C[C@H](O)C[C@H]7C(=O)NCc7ccc(-c8c(F)cnn8C)cc7)C(C)(C)C)nc6c5)c(C(F)F)cc43)nn2C2CCOCC2)C1. The number of nitrogens with zero attached hydrogens (tertiary/aromatic N) is 10. The first-order chi connectivity index (χ1) is 35.4. The van der Waals surface area contributed by atoms with Crippen LogP contribution in [0, 0.1) is 11.2 Å². The summed E-state index contributed by atoms with van der Waals surface area (Å²) in [7, 11) is 1.64. The lowest BCUT2D eigenvalue weighted by Gasteiger charge is -2.35. The Balaban J connectivity index is 0.880. The number of ether oxygens (including phenoxy) is 2. The van der Waals surface area contributed by atoms with E-state index in [0.29, 0.717) is 78.9 Å². The average Bonchev–Trinajstić information content (AvgIpc) is 4.09. The number of β-amino-alcohol motifs (C(OH)–C–C–N with tert-alkyl or cyclic N) is 1. The summed E-state index contributed by atoms with van der Waals surface area (Å²) >= 11 is 0. The molecule has 3 aromatic carbocycles. The molecule has 4 amide bonds. The van der Waals surface area contributed by atoms with Gasteiger partial charge in [0, 0.05) is 82.0 Å². The molecule has 4 aliphatic rings. The monoisotopic (exact) mass is 1020 g/mol. The number of benzene rings is 3. The van der Waals surface area contributed by atoms with Gasteiger partial charge in [-0.2, -0.15) is 10.2 Å². The molecule has 4 aliphatic heterocycles. The number of aromatic nitrogens is 7. The molecule has 3 aromatic heterocycles. The summed E-state index contributed by atoms with van der Waals surface area (Å²) in [6.07, 6.45) is -0.652. The van der Waals surface area contributed by atoms with Gasteiger partial charge in [0.05, 0.1) is 42.6 Å². The van der Waals surface area contributed by atoms with Gasteiger partial charge in [0.15, 0.2) is 11.6 Å². The number of fused-ring (bicyclic) bond motifs is 3. The van der Waals surface area contributed by atoms with E-state index in [1.54, 1.807) is 75.2 Å². The fraction of sp³-hybridized carbons (Fsp3) is 0.442. The summed E-state index contributed by atoms with van der Waals surface area (Å²) in [4.78, 5) is 64.1. The molecule has 7 heterocycles. The maximum atomic E-state index is 15.3. The lowest BCUT2D eigenvalue weighted by Crippen LogP contribution is -2.57. The lowest BCUT2D eigenvalue weighted by molar-refractivity contribution is -0.142. The van der Waals surface area contributed by atoms with Crippen LogP contribution in [0.1, 0.15) is 92.4 Å². The highest BCUT2D eigenvalue weighted by molar-refractivity contribution is 5.98. The van der Waals surface area contributed by atoms with Crippen molar-refractivity contribution in [2.24, 2.45) is 12.5 Å². The Hall–Kier alpha value is -7.46. The molecule has 0 saturated carbocycles. The second kappa shape index (κ2) is 20.1. The molecule has 0 bridgehead atoms. The van der Waals surface area contributed by atoms with Crippen LogP contribution in [0.15, 0.2) is 60.8 Å². The first-order valence-electron chi connectivity index (χ1n) is 24.7. The van der Waals surface area contributed by atoms with E-state index in [9.17, 15) is 28.7 Å². The number of nitrogens with one attached hydrogen (secondary N) is 2. The van der Waals surface area contributed by atoms with Crippen molar-refractivity contribution in [1.29, 1.82) is 0 Å². The molecule has 0 spiro atoms. The third-order valence-electron chi connectivity index (χ3n) is 14.3. The number of hydrogen-bond donors (Lipinski definition) is 3. The van der Waals surface area contributed by atoms with Crippen molar-refractivity contribution in [1.82, 2.24) is 55.2 Å². The number of likely N-dealkylation sites (tertiary alicyclic amines) is 1. The molecule has 2 saturated heterocycles. The first kappa shape index (κ1) is 50.1. The van der Waals surface area contributed by atoms with Crippen molar-refractivity contribution in [3.63, 3.8) is 0 Å². The third-order valence-corrected chi connectivity index (χ3v) is 14.3. The molecule has 2 fully saturated rings. The number of alkyl halides is 2. The van der Waals surface area contributed by atoms with E-state index >= 15 is 8.78 Å². The molecule has 74 heavy (non-hydrogen) atoms. The molecule has 3 N–H and O–H groups in total. The number of aliphatic hydroxyl groups is 1. The average molecular weight is 1020 g/mol. The zero-order valence-electron chi connectivity index (χ0n) is 41.6. The van der Waals surface area contributed by atoms with Crippen molar-refractivity contribution in [2.45, 2.75) is 97.1 Å². The number of hydrogen-bond acceptors (Lipinski definition) is 13. The van der Waals surface area contributed by atoms with Gasteiger partial charge < -0.3 is 39.9 Å². The number of anilines is 2. The van der Waals surface area contributed by atoms with Gasteiger partial charge in [-0.05, 0) is 59.2 Å². The van der Waals surface area contributed by atoms with Gasteiger partial charge in [-0.3, -0.25) is 28.5 Å². The highest BCUT2D eigenvalue weighted by atomic mass is 19.3. The fourth-order valence-electron chi connectivity index (χ4n) is 10.4. The smallest absolute Gasteiger partial charge is 0.291 e. The van der Waals surface area contributed by atoms with Crippen LogP contribution in [-0.2, 0) is 45.7 Å². The van der Waals surface area contributed by atoms with Gasteiger partial charge in [0.1, 0.15) is 35.7 Å². The maximum absolute atomic E-state index is 15.3. The topological polar surface area (TPSA) is 215 Å². The van der Waals surface area contributed by atoms with E-state index in [2.05, 4.69) is 35.6 Å². The molecule has 6 aromatic rings. The Morgan fingerprint density at radius 3 is 2.41 bits per heavy atom. The molecular weight excluding hydrogens is 962 g/mol. The lowest BCUT2D eigenvalue weighted by atomic mass is 9.85. The zero-order valence-corrected chi connectivity index (χ0v) is 41.6. The molecule has 0 unspecified atom stereocenters. The van der Waals surface area contributed by atoms with Crippen molar-refractivity contribution < 1.29 is 46.9 Å². The Bertz CT molecular complexity index is 3130. The summed E-state index contributed by atoms with van der Waals surface area (Å²) in [6.45, 7) is 9.36. The number of aryl methyl sites for hydroxylation is 1. The minimum Gasteiger partial charge on any atom is -0.490 e. The van der Waals surface area contributed by atoms with Crippen LogP contribution in [0.25, 0.3) is 33.4 Å². The number of amides is 4. The second-order valence-corrected chi connectivity index (χ2v) is 20.3. The summed E-state index contributed by atoms with van der Waals surface area (Å²) in [5.74, 6) is -1.93. The van der Waals surface area contributed by atoms with Crippen LogP contribution < -0.4 is 20.3 Å². The Kier molecular flexibility index (Phi) is 13.6. The highest BCUT2D eigenvalue weighted by Crippen LogP contribution is 2.46. The minimum atomic E-state index is -2.92. The van der Waals surface area contributed by atoms with E-state index in [0.717, 1.165) is 30.3 Å². The molecule has 19 nitrogen and oxygen atoms in total. The van der Waals surface area contributed by atoms with E-state index in [-0.39, 0.29) is 60.2 Å². The van der Waals surface area contributed by atoms with Crippen LogP contribution in [0.2, 0.25) is 0 Å². The van der Waals surface area contributed by atoms with Crippen molar-refractivity contribution in [2.75, 3.05) is 44.4 Å². The van der Waals surface area contributed by atoms with E-state index in [4.69, 9.17) is 14.6 Å². The summed E-state index contributed by atoms with van der Waals surface area (Å²) < 4.78 is 60.2. The number of aliphatic hydroxyl groups excluding tert-OH is 1. The van der Waals surface area contributed by atoms with Gasteiger partial charge in [0.2, 0.25) is 23.5 Å². The zero-order chi connectivity index (χ0) is 52.2. The molecular formula is C52H57F3N12O7. The van der Waals surface area contributed by atoms with Crippen molar-refractivity contribution in [3.8, 4) is 28.1 Å². The Morgan fingerprint density at radius 1 is 0.946 bits per heavy atom. The normalized spacial score (nSPS) is 18.5. The number of rotatable bonds is 11. The van der Waals surface area contributed by atoms with Gasteiger partial charge in [0.25, 0.3) is 12.3 Å². The maximum Gasteiger partial charge on any atom is 0.291 e. The van der Waals surface area contributed by atoms with E-state index < -0.39 is 59.4 Å². The Labute approximate surface area is 424 Å². The minimum absolute atomic E-state index is 0.0336. The van der Waals surface area contributed by atoms with Crippen molar-refractivity contribution in [3.05, 3.63) is 94.8 Å². The number of carbonyl (C=O) groups is 4. The molecule has 388 valence electrons. The molecule has 10 rings (SSSR count). The van der Waals surface area contributed by atoms with Crippen LogP contribution in [0.3, 0.4) is 0 Å². The predicted molar refractivity (Wildman–Crippen MR) is 264 cm³/mol. The number of carbonyl (C=O) groups excluding carboxylic acids is 4. The summed E-state index contributed by atoms with van der Waals surface area (Å²) in [5, 5.41) is 33.7. The predicted octanol–water partition coefficient (Wildman–Crippen LogP) is 5.57. The van der Waals surface area contributed by atoms with E-state index in [1.165, 1.54) is 28.6 Å². The van der Waals surface area contributed by atoms with Crippen LogP contribution >= 0.6 is 0 Å². The largest absolute Gasteiger partial charge is 0.490 e. The fourth-order valence-corrected chi connectivity index (χ4v) is 10.4. The van der Waals surface area contributed by atoms with Crippen LogP contribution in [0.5, 0.6) is 5.75 Å². The van der Waals surface area contributed by atoms with Crippen molar-refractivity contribution >= 4 is 46.2 Å².